The van der Waals surface area contributed by atoms with Crippen molar-refractivity contribution < 1.29 is 18.7 Å². The maximum atomic E-state index is 13.2. The Morgan fingerprint density at radius 2 is 1.73 bits per heavy atom. The fourth-order valence-corrected chi connectivity index (χ4v) is 3.72. The molecule has 0 N–H and O–H groups in total. The largest absolute Gasteiger partial charge is 0.497 e. The number of aromatic nitrogens is 4. The standard InChI is InChI=1S/C24H16N4O5/c1-30-16-9-7-15(8-10-16)28-24(29)18-5-3-2-4-17(18)21(26-28)23-25-22(27-33-23)14-6-11-19-20(12-14)32-13-31-19/h2-12H,13H2,1H3. The Bertz CT molecular complexity index is 1560. The summed E-state index contributed by atoms with van der Waals surface area (Å²) in [6, 6.07) is 19.7. The summed E-state index contributed by atoms with van der Waals surface area (Å²) >= 11 is 0. The molecule has 5 aromatic rings. The van der Waals surface area contributed by atoms with Gasteiger partial charge < -0.3 is 18.7 Å². The molecular formula is C24H16N4O5. The zero-order valence-electron chi connectivity index (χ0n) is 17.4. The Labute approximate surface area is 186 Å². The summed E-state index contributed by atoms with van der Waals surface area (Å²) in [7, 11) is 1.58. The van der Waals surface area contributed by atoms with Crippen LogP contribution in [0.5, 0.6) is 17.2 Å². The monoisotopic (exact) mass is 440 g/mol. The third-order valence-corrected chi connectivity index (χ3v) is 5.38. The second-order valence-electron chi connectivity index (χ2n) is 7.30. The summed E-state index contributed by atoms with van der Waals surface area (Å²) in [6.07, 6.45) is 0. The van der Waals surface area contributed by atoms with Gasteiger partial charge in [0.05, 0.1) is 18.2 Å². The molecule has 0 amide bonds. The first kappa shape index (κ1) is 19.1. The molecule has 6 rings (SSSR count). The van der Waals surface area contributed by atoms with Crippen LogP contribution in [0.4, 0.5) is 0 Å². The van der Waals surface area contributed by atoms with Crippen LogP contribution >= 0.6 is 0 Å². The first-order valence-corrected chi connectivity index (χ1v) is 10.1. The van der Waals surface area contributed by atoms with Crippen molar-refractivity contribution in [3.05, 3.63) is 77.1 Å². The van der Waals surface area contributed by atoms with E-state index in [1.807, 2.05) is 18.2 Å². The zero-order valence-corrected chi connectivity index (χ0v) is 17.4. The van der Waals surface area contributed by atoms with Crippen LogP contribution in [0.25, 0.3) is 39.4 Å². The highest BCUT2D eigenvalue weighted by Crippen LogP contribution is 2.35. The van der Waals surface area contributed by atoms with Crippen LogP contribution in [-0.4, -0.2) is 33.8 Å². The summed E-state index contributed by atoms with van der Waals surface area (Å²) in [5.41, 5.74) is 1.45. The van der Waals surface area contributed by atoms with E-state index in [2.05, 4.69) is 15.2 Å². The zero-order chi connectivity index (χ0) is 22.4. The van der Waals surface area contributed by atoms with E-state index in [0.29, 0.717) is 50.8 Å². The molecule has 0 aliphatic carbocycles. The number of nitrogens with zero attached hydrogens (tertiary/aromatic N) is 4. The van der Waals surface area contributed by atoms with Gasteiger partial charge in [0, 0.05) is 10.9 Å². The molecule has 33 heavy (non-hydrogen) atoms. The van der Waals surface area contributed by atoms with E-state index in [4.69, 9.17) is 18.7 Å². The number of ether oxygens (including phenoxy) is 3. The summed E-state index contributed by atoms with van der Waals surface area (Å²) in [5.74, 6) is 2.53. The average molecular weight is 440 g/mol. The van der Waals surface area contributed by atoms with E-state index in [-0.39, 0.29) is 18.2 Å². The normalized spacial score (nSPS) is 12.3. The molecule has 3 aromatic carbocycles. The van der Waals surface area contributed by atoms with Crippen LogP contribution in [0.3, 0.4) is 0 Å². The van der Waals surface area contributed by atoms with Crippen LogP contribution in [0.2, 0.25) is 0 Å². The van der Waals surface area contributed by atoms with Gasteiger partial charge in [0.15, 0.2) is 17.2 Å². The maximum absolute atomic E-state index is 13.2. The Hall–Kier alpha value is -4.66. The summed E-state index contributed by atoms with van der Waals surface area (Å²) in [6.45, 7) is 0.180. The van der Waals surface area contributed by atoms with E-state index in [1.165, 1.54) is 4.68 Å². The molecule has 0 bridgehead atoms. The number of benzene rings is 3. The van der Waals surface area contributed by atoms with E-state index >= 15 is 0 Å². The average Bonchev–Trinajstić information content (AvgIpc) is 3.54. The molecule has 9 heteroatoms. The van der Waals surface area contributed by atoms with Crippen molar-refractivity contribution in [1.29, 1.82) is 0 Å². The maximum Gasteiger partial charge on any atom is 0.279 e. The van der Waals surface area contributed by atoms with Gasteiger partial charge in [0.1, 0.15) is 5.75 Å². The molecule has 0 atom stereocenters. The van der Waals surface area contributed by atoms with Gasteiger partial charge in [0.2, 0.25) is 12.6 Å². The molecule has 0 unspecified atom stereocenters. The molecule has 2 aromatic heterocycles. The van der Waals surface area contributed by atoms with Gasteiger partial charge in [-0.2, -0.15) is 14.8 Å². The number of hydrogen-bond donors (Lipinski definition) is 0. The van der Waals surface area contributed by atoms with Gasteiger partial charge in [-0.15, -0.1) is 0 Å². The van der Waals surface area contributed by atoms with Crippen LogP contribution in [0.1, 0.15) is 0 Å². The molecule has 162 valence electrons. The van der Waals surface area contributed by atoms with E-state index < -0.39 is 0 Å². The lowest BCUT2D eigenvalue weighted by Crippen LogP contribution is -2.22. The van der Waals surface area contributed by atoms with Crippen molar-refractivity contribution in [1.82, 2.24) is 19.9 Å². The molecule has 0 saturated heterocycles. The molecule has 0 saturated carbocycles. The fourth-order valence-electron chi connectivity index (χ4n) is 3.72. The van der Waals surface area contributed by atoms with E-state index in [0.717, 1.165) is 0 Å². The van der Waals surface area contributed by atoms with Gasteiger partial charge in [-0.1, -0.05) is 23.4 Å². The SMILES string of the molecule is COc1ccc(-n2nc(-c3nc(-c4ccc5c(c4)OCO5)no3)c3ccccc3c2=O)cc1. The molecule has 1 aliphatic rings. The quantitative estimate of drug-likeness (QED) is 0.415. The minimum Gasteiger partial charge on any atom is -0.497 e. The van der Waals surface area contributed by atoms with Crippen molar-refractivity contribution >= 4 is 10.8 Å². The third kappa shape index (κ3) is 3.18. The van der Waals surface area contributed by atoms with Gasteiger partial charge in [-0.25, -0.2) is 0 Å². The van der Waals surface area contributed by atoms with E-state index in [9.17, 15) is 4.79 Å². The topological polar surface area (TPSA) is 102 Å². The van der Waals surface area contributed by atoms with Gasteiger partial charge >= 0.3 is 0 Å². The Morgan fingerprint density at radius 1 is 0.939 bits per heavy atom. The van der Waals surface area contributed by atoms with Crippen LogP contribution in [-0.2, 0) is 0 Å². The minimum absolute atomic E-state index is 0.180. The molecule has 0 radical (unpaired) electrons. The van der Waals surface area contributed by atoms with E-state index in [1.54, 1.807) is 55.6 Å². The fraction of sp³-hybridized carbons (Fsp3) is 0.0833. The lowest BCUT2D eigenvalue weighted by atomic mass is 10.1. The highest BCUT2D eigenvalue weighted by molar-refractivity contribution is 5.92. The molecule has 9 nitrogen and oxygen atoms in total. The van der Waals surface area contributed by atoms with Gasteiger partial charge in [-0.3, -0.25) is 4.79 Å². The van der Waals surface area contributed by atoms with Crippen molar-refractivity contribution in [3.8, 4) is 45.9 Å². The Morgan fingerprint density at radius 3 is 2.55 bits per heavy atom. The summed E-state index contributed by atoms with van der Waals surface area (Å²) < 4.78 is 22.9. The number of methoxy groups -OCH3 is 1. The third-order valence-electron chi connectivity index (χ3n) is 5.38. The lowest BCUT2D eigenvalue weighted by molar-refractivity contribution is 0.174. The van der Waals surface area contributed by atoms with Crippen LogP contribution in [0.15, 0.2) is 76.0 Å². The van der Waals surface area contributed by atoms with Crippen LogP contribution in [0, 0.1) is 0 Å². The number of hydrogen-bond acceptors (Lipinski definition) is 8. The number of rotatable bonds is 4. The predicted octanol–water partition coefficient (Wildman–Crippen LogP) is 3.84. The molecule has 0 fully saturated rings. The first-order valence-electron chi connectivity index (χ1n) is 10.1. The molecule has 0 spiro atoms. The Kier molecular flexibility index (Phi) is 4.32. The van der Waals surface area contributed by atoms with Crippen molar-refractivity contribution in [2.45, 2.75) is 0 Å². The molecule has 1 aliphatic heterocycles. The summed E-state index contributed by atoms with van der Waals surface area (Å²) in [4.78, 5) is 17.7. The number of fused-ring (bicyclic) bond motifs is 2. The predicted molar refractivity (Wildman–Crippen MR) is 119 cm³/mol. The smallest absolute Gasteiger partial charge is 0.279 e. The van der Waals surface area contributed by atoms with Crippen molar-refractivity contribution in [3.63, 3.8) is 0 Å². The highest BCUT2D eigenvalue weighted by Gasteiger charge is 2.21. The molecule has 3 heterocycles. The van der Waals surface area contributed by atoms with Gasteiger partial charge in [0.25, 0.3) is 11.4 Å². The first-order chi connectivity index (χ1) is 16.2. The second-order valence-corrected chi connectivity index (χ2v) is 7.30. The minimum atomic E-state index is -0.255. The van der Waals surface area contributed by atoms with Crippen molar-refractivity contribution in [2.24, 2.45) is 0 Å². The highest BCUT2D eigenvalue weighted by atomic mass is 16.7. The summed E-state index contributed by atoms with van der Waals surface area (Å²) in [5, 5.41) is 9.81. The molecular weight excluding hydrogens is 424 g/mol. The Balaban J connectivity index is 1.50. The second kappa shape index (κ2) is 7.49. The van der Waals surface area contributed by atoms with Crippen molar-refractivity contribution in [2.75, 3.05) is 13.9 Å². The van der Waals surface area contributed by atoms with Gasteiger partial charge in [-0.05, 0) is 48.5 Å². The van der Waals surface area contributed by atoms with Crippen LogP contribution < -0.4 is 19.8 Å². The lowest BCUT2D eigenvalue weighted by Gasteiger charge is -2.09.